The van der Waals surface area contributed by atoms with Crippen LogP contribution in [0.3, 0.4) is 0 Å². The molecule has 0 radical (unpaired) electrons. The van der Waals surface area contributed by atoms with E-state index in [2.05, 4.69) is 15.3 Å². The van der Waals surface area contributed by atoms with Crippen LogP contribution >= 0.6 is 0 Å². The standard InChI is InChI=1S/C9H8N4O2/c1-6-8(9(14)15)11-12-13(6)7-2-4-10-5-3-7/h2-5H,1H3,(H,14,15). The van der Waals surface area contributed by atoms with Crippen LogP contribution in [0.2, 0.25) is 0 Å². The van der Waals surface area contributed by atoms with Crippen molar-refractivity contribution in [3.63, 3.8) is 0 Å². The average molecular weight is 204 g/mol. The van der Waals surface area contributed by atoms with Crippen LogP contribution in [-0.2, 0) is 0 Å². The number of carbonyl (C=O) groups is 1. The van der Waals surface area contributed by atoms with Crippen molar-refractivity contribution in [1.82, 2.24) is 20.0 Å². The molecule has 6 heteroatoms. The van der Waals surface area contributed by atoms with Gasteiger partial charge in [0.15, 0.2) is 5.69 Å². The van der Waals surface area contributed by atoms with Crippen LogP contribution in [0.1, 0.15) is 16.2 Å². The van der Waals surface area contributed by atoms with Gasteiger partial charge in [-0.05, 0) is 19.1 Å². The van der Waals surface area contributed by atoms with Gasteiger partial charge in [0.05, 0.1) is 11.4 Å². The minimum absolute atomic E-state index is 0.0354. The summed E-state index contributed by atoms with van der Waals surface area (Å²) in [5.74, 6) is -1.08. The summed E-state index contributed by atoms with van der Waals surface area (Å²) in [6.07, 6.45) is 3.22. The third-order valence-corrected chi connectivity index (χ3v) is 2.00. The normalized spacial score (nSPS) is 10.2. The highest BCUT2D eigenvalue weighted by Gasteiger charge is 2.15. The van der Waals surface area contributed by atoms with Crippen molar-refractivity contribution in [2.45, 2.75) is 6.92 Å². The van der Waals surface area contributed by atoms with Crippen molar-refractivity contribution in [3.05, 3.63) is 35.9 Å². The van der Waals surface area contributed by atoms with Crippen molar-refractivity contribution in [1.29, 1.82) is 0 Å². The smallest absolute Gasteiger partial charge is 0.358 e. The van der Waals surface area contributed by atoms with Gasteiger partial charge in [0.25, 0.3) is 0 Å². The minimum atomic E-state index is -1.08. The van der Waals surface area contributed by atoms with Gasteiger partial charge in [-0.2, -0.15) is 0 Å². The predicted octanol–water partition coefficient (Wildman–Crippen LogP) is 0.669. The van der Waals surface area contributed by atoms with Gasteiger partial charge >= 0.3 is 5.97 Å². The van der Waals surface area contributed by atoms with Gasteiger partial charge in [-0.15, -0.1) is 5.10 Å². The van der Waals surface area contributed by atoms with Gasteiger partial charge in [-0.25, -0.2) is 9.48 Å². The molecule has 2 rings (SSSR count). The summed E-state index contributed by atoms with van der Waals surface area (Å²) in [6.45, 7) is 1.66. The molecule has 0 saturated carbocycles. The predicted molar refractivity (Wildman–Crippen MR) is 50.9 cm³/mol. The first kappa shape index (κ1) is 9.32. The summed E-state index contributed by atoms with van der Waals surface area (Å²) in [5.41, 5.74) is 1.20. The molecule has 2 heterocycles. The highest BCUT2D eigenvalue weighted by atomic mass is 16.4. The summed E-state index contributed by atoms with van der Waals surface area (Å²) >= 11 is 0. The molecule has 0 atom stereocenters. The van der Waals surface area contributed by atoms with E-state index in [0.717, 1.165) is 5.69 Å². The molecule has 0 aliphatic heterocycles. The zero-order chi connectivity index (χ0) is 10.8. The summed E-state index contributed by atoms with van der Waals surface area (Å²) in [7, 11) is 0. The molecule has 0 aliphatic rings. The maximum Gasteiger partial charge on any atom is 0.358 e. The number of pyridine rings is 1. The molecular weight excluding hydrogens is 196 g/mol. The van der Waals surface area contributed by atoms with Crippen LogP contribution in [0.25, 0.3) is 5.69 Å². The monoisotopic (exact) mass is 204 g/mol. The molecule has 0 amide bonds. The fourth-order valence-electron chi connectivity index (χ4n) is 1.26. The first-order chi connectivity index (χ1) is 7.20. The average Bonchev–Trinajstić information content (AvgIpc) is 2.61. The van der Waals surface area contributed by atoms with Crippen molar-refractivity contribution in [3.8, 4) is 5.69 Å². The van der Waals surface area contributed by atoms with Gasteiger partial charge in [-0.3, -0.25) is 4.98 Å². The van der Waals surface area contributed by atoms with Crippen LogP contribution < -0.4 is 0 Å². The molecule has 6 nitrogen and oxygen atoms in total. The van der Waals surface area contributed by atoms with Gasteiger partial charge in [0.1, 0.15) is 0 Å². The fraction of sp³-hybridized carbons (Fsp3) is 0.111. The Hall–Kier alpha value is -2.24. The number of aromatic nitrogens is 4. The number of rotatable bonds is 2. The zero-order valence-corrected chi connectivity index (χ0v) is 7.95. The Morgan fingerprint density at radius 1 is 1.40 bits per heavy atom. The molecule has 2 aromatic rings. The topological polar surface area (TPSA) is 80.9 Å². The highest BCUT2D eigenvalue weighted by Crippen LogP contribution is 2.10. The molecule has 0 aliphatic carbocycles. The van der Waals surface area contributed by atoms with Crippen molar-refractivity contribution in [2.24, 2.45) is 0 Å². The molecule has 0 fully saturated rings. The van der Waals surface area contributed by atoms with Gasteiger partial charge in [0, 0.05) is 12.4 Å². The quantitative estimate of drug-likeness (QED) is 0.777. The van der Waals surface area contributed by atoms with E-state index in [1.54, 1.807) is 31.5 Å². The van der Waals surface area contributed by atoms with E-state index < -0.39 is 5.97 Å². The lowest BCUT2D eigenvalue weighted by atomic mass is 10.3. The summed E-state index contributed by atoms with van der Waals surface area (Å²) in [6, 6.07) is 3.46. The fourth-order valence-corrected chi connectivity index (χ4v) is 1.26. The van der Waals surface area contributed by atoms with E-state index in [0.29, 0.717) is 5.69 Å². The van der Waals surface area contributed by atoms with Crippen molar-refractivity contribution in [2.75, 3.05) is 0 Å². The molecule has 0 aromatic carbocycles. The number of hydrogen-bond donors (Lipinski definition) is 1. The van der Waals surface area contributed by atoms with Crippen molar-refractivity contribution >= 4 is 5.97 Å². The summed E-state index contributed by atoms with van der Waals surface area (Å²) < 4.78 is 1.46. The van der Waals surface area contributed by atoms with Crippen LogP contribution in [0.5, 0.6) is 0 Å². The van der Waals surface area contributed by atoms with E-state index in [9.17, 15) is 4.79 Å². The second-order valence-electron chi connectivity index (χ2n) is 2.95. The maximum atomic E-state index is 10.7. The molecule has 15 heavy (non-hydrogen) atoms. The Morgan fingerprint density at radius 2 is 2.07 bits per heavy atom. The van der Waals surface area contributed by atoms with Gasteiger partial charge in [0.2, 0.25) is 0 Å². The van der Waals surface area contributed by atoms with E-state index >= 15 is 0 Å². The van der Waals surface area contributed by atoms with Crippen molar-refractivity contribution < 1.29 is 9.90 Å². The first-order valence-corrected chi connectivity index (χ1v) is 4.26. The number of aromatic carboxylic acids is 1. The maximum absolute atomic E-state index is 10.7. The molecule has 2 aromatic heterocycles. The zero-order valence-electron chi connectivity index (χ0n) is 7.95. The number of nitrogens with zero attached hydrogens (tertiary/aromatic N) is 4. The Morgan fingerprint density at radius 3 is 2.60 bits per heavy atom. The molecular formula is C9H8N4O2. The van der Waals surface area contributed by atoms with Crippen LogP contribution in [0.4, 0.5) is 0 Å². The molecule has 0 saturated heterocycles. The Labute approximate surface area is 85.2 Å². The van der Waals surface area contributed by atoms with E-state index in [1.807, 2.05) is 0 Å². The first-order valence-electron chi connectivity index (χ1n) is 4.26. The molecule has 0 unspecified atom stereocenters. The minimum Gasteiger partial charge on any atom is -0.476 e. The largest absolute Gasteiger partial charge is 0.476 e. The van der Waals surface area contributed by atoms with Gasteiger partial charge in [-0.1, -0.05) is 5.21 Å². The van der Waals surface area contributed by atoms with E-state index in [4.69, 9.17) is 5.11 Å². The third kappa shape index (κ3) is 1.56. The Kier molecular flexibility index (Phi) is 2.17. The lowest BCUT2D eigenvalue weighted by Crippen LogP contribution is -2.02. The third-order valence-electron chi connectivity index (χ3n) is 2.00. The molecule has 1 N–H and O–H groups in total. The SMILES string of the molecule is Cc1c(C(=O)O)nnn1-c1ccncc1. The lowest BCUT2D eigenvalue weighted by molar-refractivity contribution is 0.0689. The lowest BCUT2D eigenvalue weighted by Gasteiger charge is -2.00. The van der Waals surface area contributed by atoms with Crippen LogP contribution in [0, 0.1) is 6.92 Å². The second-order valence-corrected chi connectivity index (χ2v) is 2.95. The highest BCUT2D eigenvalue weighted by molar-refractivity contribution is 5.86. The molecule has 76 valence electrons. The van der Waals surface area contributed by atoms with Crippen LogP contribution in [-0.4, -0.2) is 31.1 Å². The second kappa shape index (κ2) is 3.49. The number of hydrogen-bond acceptors (Lipinski definition) is 4. The van der Waals surface area contributed by atoms with E-state index in [-0.39, 0.29) is 5.69 Å². The van der Waals surface area contributed by atoms with E-state index in [1.165, 1.54) is 4.68 Å². The summed E-state index contributed by atoms with van der Waals surface area (Å²) in [4.78, 5) is 14.6. The molecule has 0 bridgehead atoms. The Bertz CT molecular complexity index is 492. The Balaban J connectivity index is 2.52. The number of carboxylic acid groups (broad SMARTS) is 1. The summed E-state index contributed by atoms with van der Waals surface area (Å²) in [5, 5.41) is 16.1. The number of carboxylic acids is 1. The van der Waals surface area contributed by atoms with Crippen LogP contribution in [0.15, 0.2) is 24.5 Å². The molecule has 0 spiro atoms. The van der Waals surface area contributed by atoms with Gasteiger partial charge < -0.3 is 5.11 Å².